The molecule has 4 aromatic carbocycles. The number of rotatable bonds is 10. The number of benzene rings is 4. The first-order valence-corrected chi connectivity index (χ1v) is 17.9. The van der Waals surface area contributed by atoms with Gasteiger partial charge in [-0.2, -0.15) is 9.97 Å². The van der Waals surface area contributed by atoms with E-state index in [2.05, 4.69) is 52.9 Å². The van der Waals surface area contributed by atoms with Gasteiger partial charge in [0.25, 0.3) is 0 Å². The molecule has 67 heavy (non-hydrogen) atoms. The summed E-state index contributed by atoms with van der Waals surface area (Å²) in [6, 6.07) is 25.0. The number of hydrogen-bond acceptors (Lipinski definition) is 16. The minimum atomic E-state index is -4.73. The Hall–Kier alpha value is -7.42. The standard InChI is InChI=1S/C20H15F3N4O3.C14H9F3N2O2.C6H6N2O2.CBN.2CH4.Na.H2/c1-28-18-8-9-24-17(26-18)11-25-19-15-10-13(4-7-16(15)30-27-19)12-2-5-14(6-3-12)29-20(21,22)23;15-14(16,17)20-10-4-1-8(2-5-10)9-3-6-12-11(7-9)13(18)19-21-12;1-10-6-2-3-7-5(4-9)8-6;2-1-3;;;;/h2-10H,11H2,1H3,(H,25,27);1-7H,(H2,18,19);2-4H,1H3;;2*1H4;;1H/q;;;-1;;;+1;. The predicted molar refractivity (Wildman–Crippen MR) is 233 cm³/mol. The van der Waals surface area contributed by atoms with Gasteiger partial charge in [0.2, 0.25) is 11.8 Å². The van der Waals surface area contributed by atoms with Gasteiger partial charge in [-0.1, -0.05) is 61.6 Å². The van der Waals surface area contributed by atoms with Crippen LogP contribution in [0.5, 0.6) is 23.3 Å². The van der Waals surface area contributed by atoms with Gasteiger partial charge in [-0.15, -0.1) is 26.3 Å². The van der Waals surface area contributed by atoms with Gasteiger partial charge >= 0.3 is 42.3 Å². The first kappa shape index (κ1) is 55.7. The van der Waals surface area contributed by atoms with Crippen LogP contribution in [0.2, 0.25) is 0 Å². The second kappa shape index (κ2) is 25.9. The third kappa shape index (κ3) is 16.8. The molecule has 16 nitrogen and oxygen atoms in total. The Morgan fingerprint density at radius 3 is 1.66 bits per heavy atom. The molecule has 3 N–H and O–H groups in total. The molecule has 8 aromatic rings. The quantitative estimate of drug-likeness (QED) is 0.0784. The average molecular weight is 943 g/mol. The minimum Gasteiger partial charge on any atom is -0.481 e. The maximum Gasteiger partial charge on any atom is 1.00 e. The van der Waals surface area contributed by atoms with Gasteiger partial charge in [0.1, 0.15) is 11.5 Å². The van der Waals surface area contributed by atoms with Crippen LogP contribution < -0.4 is 59.6 Å². The first-order chi connectivity index (χ1) is 30.6. The van der Waals surface area contributed by atoms with Crippen molar-refractivity contribution < 1.29 is 90.1 Å². The van der Waals surface area contributed by atoms with E-state index in [4.69, 9.17) is 29.5 Å². The summed E-state index contributed by atoms with van der Waals surface area (Å²) >= 11 is 0. The monoisotopic (exact) mass is 942 g/mol. The zero-order chi connectivity index (χ0) is 46.3. The number of halogens is 6. The number of carbonyl (C=O) groups is 1. The van der Waals surface area contributed by atoms with E-state index in [1.54, 1.807) is 60.8 Å². The van der Waals surface area contributed by atoms with Crippen LogP contribution in [0.3, 0.4) is 0 Å². The van der Waals surface area contributed by atoms with Crippen molar-refractivity contribution in [3.8, 4) is 51.5 Å². The molecule has 0 bridgehead atoms. The van der Waals surface area contributed by atoms with E-state index in [-0.39, 0.29) is 69.0 Å². The molecule has 0 aliphatic rings. The zero-order valence-electron chi connectivity index (χ0n) is 34.1. The van der Waals surface area contributed by atoms with Crippen molar-refractivity contribution in [1.29, 1.82) is 5.26 Å². The molecule has 0 saturated carbocycles. The summed E-state index contributed by atoms with van der Waals surface area (Å²) in [7, 11) is 7.16. The summed E-state index contributed by atoms with van der Waals surface area (Å²) in [4.78, 5) is 25.8. The Balaban J connectivity index is 0.000000531. The molecule has 8 rings (SSSR count). The van der Waals surface area contributed by atoms with Crippen molar-refractivity contribution >= 4 is 47.7 Å². The van der Waals surface area contributed by atoms with E-state index in [0.29, 0.717) is 58.2 Å². The number of nitrogens with zero attached hydrogens (tertiary/aromatic N) is 7. The van der Waals surface area contributed by atoms with Crippen molar-refractivity contribution in [2.75, 3.05) is 25.3 Å². The molecule has 4 heterocycles. The Morgan fingerprint density at radius 2 is 1.16 bits per heavy atom. The van der Waals surface area contributed by atoms with E-state index in [1.165, 1.54) is 62.8 Å². The number of aromatic nitrogens is 6. The smallest absolute Gasteiger partial charge is 0.481 e. The summed E-state index contributed by atoms with van der Waals surface area (Å²) in [5.41, 5.74) is 9.79. The molecule has 0 amide bonds. The topological polar surface area (TPSA) is 219 Å². The van der Waals surface area contributed by atoms with Crippen LogP contribution in [0, 0.1) is 11.2 Å². The fraction of sp³-hybridized carbons (Fsp3) is 0.163. The second-order valence-corrected chi connectivity index (χ2v) is 12.2. The molecular weight excluding hydrogens is 902 g/mol. The molecule has 0 aliphatic heterocycles. The average Bonchev–Trinajstić information content (AvgIpc) is 3.87. The van der Waals surface area contributed by atoms with Crippen LogP contribution in [0.15, 0.2) is 119 Å². The molecule has 24 heteroatoms. The van der Waals surface area contributed by atoms with E-state index in [1.807, 2.05) is 6.07 Å². The van der Waals surface area contributed by atoms with Gasteiger partial charge in [0, 0.05) is 26.0 Å². The van der Waals surface area contributed by atoms with Gasteiger partial charge in [0.15, 0.2) is 40.7 Å². The number of anilines is 2. The van der Waals surface area contributed by atoms with Gasteiger partial charge in [-0.25, -0.2) is 9.97 Å². The van der Waals surface area contributed by atoms with Crippen molar-refractivity contribution in [2.45, 2.75) is 34.1 Å². The van der Waals surface area contributed by atoms with Crippen LogP contribution in [0.25, 0.3) is 44.2 Å². The minimum absolute atomic E-state index is 0. The Bertz CT molecular complexity index is 2840. The number of ether oxygens (including phenoxy) is 4. The number of methoxy groups -OCH3 is 2. The molecule has 0 spiro atoms. The van der Waals surface area contributed by atoms with Crippen molar-refractivity contribution in [3.63, 3.8) is 0 Å². The number of hydrogen-bond donors (Lipinski definition) is 2. The number of fused-ring (bicyclic) bond motifs is 2. The molecule has 0 unspecified atom stereocenters. The number of nitriles is 1. The van der Waals surface area contributed by atoms with E-state index in [0.717, 1.165) is 22.3 Å². The van der Waals surface area contributed by atoms with Crippen LogP contribution >= 0.6 is 0 Å². The van der Waals surface area contributed by atoms with Crippen LogP contribution in [0.4, 0.5) is 38.0 Å². The summed E-state index contributed by atoms with van der Waals surface area (Å²) in [5.74, 6) is 2.97. The normalized spacial score (nSPS) is 10.3. The zero-order valence-corrected chi connectivity index (χ0v) is 36.1. The summed E-state index contributed by atoms with van der Waals surface area (Å²) < 4.78 is 101. The van der Waals surface area contributed by atoms with Crippen LogP contribution in [-0.4, -0.2) is 71.3 Å². The molecular formula is C43H40BF6N9NaO7. The molecule has 0 saturated heterocycles. The van der Waals surface area contributed by atoms with Crippen molar-refractivity contribution in [3.05, 3.63) is 121 Å². The molecule has 4 aromatic heterocycles. The fourth-order valence-corrected chi connectivity index (χ4v) is 5.35. The molecule has 0 fully saturated rings. The SMILES string of the molecule is C.C.COc1ccnc(C=O)n1.COc1ccnc(CNc2noc3ccc(-c4ccc(OC(F)(F)F)cc4)cc23)n1.Nc1noc2ccc(-c3ccc(OC(F)(F)F)cc3)cc12.[B-]C#N.[HH].[Na+]. The Morgan fingerprint density at radius 1 is 0.716 bits per heavy atom. The van der Waals surface area contributed by atoms with E-state index in [9.17, 15) is 31.1 Å². The maximum atomic E-state index is 12.3. The van der Waals surface area contributed by atoms with Crippen LogP contribution in [-0.2, 0) is 6.54 Å². The van der Waals surface area contributed by atoms with E-state index < -0.39 is 12.7 Å². The maximum absolute atomic E-state index is 12.3. The summed E-state index contributed by atoms with van der Waals surface area (Å²) in [6.45, 7) is 0.298. The Kier molecular flexibility index (Phi) is 21.5. The number of nitrogens with two attached hydrogens (primary N) is 1. The molecule has 0 aliphatic carbocycles. The molecule has 0 atom stereocenters. The van der Waals surface area contributed by atoms with Gasteiger partial charge < -0.3 is 46.9 Å². The largest absolute Gasteiger partial charge is 1.00 e. The second-order valence-electron chi connectivity index (χ2n) is 12.2. The predicted octanol–water partition coefficient (Wildman–Crippen LogP) is 7.24. The third-order valence-electron chi connectivity index (χ3n) is 8.08. The van der Waals surface area contributed by atoms with Gasteiger partial charge in [-0.05, 0) is 70.8 Å². The van der Waals surface area contributed by atoms with E-state index >= 15 is 0 Å². The van der Waals surface area contributed by atoms with Crippen molar-refractivity contribution in [1.82, 2.24) is 30.2 Å². The number of nitrogens with one attached hydrogen (secondary N) is 1. The van der Waals surface area contributed by atoms with Crippen molar-refractivity contribution in [2.24, 2.45) is 0 Å². The summed E-state index contributed by atoms with van der Waals surface area (Å²) in [6.07, 6.45) is -5.79. The van der Waals surface area contributed by atoms with Gasteiger partial charge in [0.05, 0.1) is 31.5 Å². The number of aldehydes is 1. The Labute approximate surface area is 403 Å². The number of carbonyl (C=O) groups excluding carboxylic acids is 1. The molecule has 345 valence electrons. The van der Waals surface area contributed by atoms with Gasteiger partial charge in [-0.3, -0.25) is 16.0 Å². The summed E-state index contributed by atoms with van der Waals surface area (Å²) in [5, 5.41) is 19.3. The first-order valence-electron chi connectivity index (χ1n) is 17.9. The van der Waals surface area contributed by atoms with Crippen LogP contribution in [0.1, 0.15) is 32.7 Å². The fourth-order valence-electron chi connectivity index (χ4n) is 5.35. The number of nitrogen functional groups attached to an aromatic ring is 1. The third-order valence-corrected chi connectivity index (χ3v) is 8.08. The number of alkyl halides is 6. The molecule has 3 radical (unpaired) electrons.